The monoisotopic (exact) mass is 478 g/mol. The Morgan fingerprint density at radius 2 is 2.00 bits per heavy atom. The first-order valence-electron chi connectivity index (χ1n) is 12.5. The first-order valence-corrected chi connectivity index (χ1v) is 12.5. The van der Waals surface area contributed by atoms with E-state index in [0.29, 0.717) is 43.0 Å². The number of hydrogen-bond acceptors (Lipinski definition) is 5. The highest BCUT2D eigenvalue weighted by Crippen LogP contribution is 2.66. The van der Waals surface area contributed by atoms with Crippen LogP contribution in [0, 0.1) is 46.6 Å². The van der Waals surface area contributed by atoms with Gasteiger partial charge in [-0.05, 0) is 73.1 Å². The number of fused-ring (bicyclic) bond motifs is 4. The normalized spacial score (nSPS) is 31.6. The molecule has 6 atom stereocenters. The average Bonchev–Trinajstić information content (AvgIpc) is 2.78. The molecule has 35 heavy (non-hydrogen) atoms. The van der Waals surface area contributed by atoms with Crippen molar-refractivity contribution < 1.29 is 18.3 Å². The Labute approximate surface area is 203 Å². The quantitative estimate of drug-likeness (QED) is 0.630. The Balaban J connectivity index is 1.38. The van der Waals surface area contributed by atoms with Gasteiger partial charge in [0.15, 0.2) is 0 Å². The van der Waals surface area contributed by atoms with E-state index in [2.05, 4.69) is 23.2 Å². The van der Waals surface area contributed by atoms with E-state index in [1.807, 2.05) is 6.92 Å². The number of carbonyl (C=O) groups excluding carboxylic acids is 1. The Hall–Kier alpha value is -2.92. The maximum absolute atomic E-state index is 14.5. The summed E-state index contributed by atoms with van der Waals surface area (Å²) in [6.07, 6.45) is 2.43. The van der Waals surface area contributed by atoms with E-state index in [1.54, 1.807) is 11.0 Å². The maximum atomic E-state index is 14.5. The number of hydrogen-bond donors (Lipinski definition) is 0. The van der Waals surface area contributed by atoms with Crippen LogP contribution in [0.25, 0.3) is 11.3 Å². The van der Waals surface area contributed by atoms with Crippen molar-refractivity contribution in [1.82, 2.24) is 15.1 Å². The number of likely N-dealkylation sites (tertiary alicyclic amines) is 1. The molecule has 6 rings (SSSR count). The number of nitrogens with zero attached hydrogens (tertiary/aromatic N) is 4. The molecule has 2 aromatic rings. The lowest BCUT2D eigenvalue weighted by molar-refractivity contribution is -0.198. The molecule has 0 radical (unpaired) electrons. The SMILES string of the molecule is CC[C@@H](O[C@]12CC(C)C3C[C@H](c4cc(-c5c(F)cccc5F)nnc41)C3C2)C(=O)N1CC(C#N)C1. The van der Waals surface area contributed by atoms with Gasteiger partial charge in [-0.1, -0.05) is 19.9 Å². The van der Waals surface area contributed by atoms with Crippen LogP contribution in [0.15, 0.2) is 24.3 Å². The zero-order valence-electron chi connectivity index (χ0n) is 19.9. The summed E-state index contributed by atoms with van der Waals surface area (Å²) >= 11 is 0. The van der Waals surface area contributed by atoms with Gasteiger partial charge in [-0.3, -0.25) is 4.79 Å². The smallest absolute Gasteiger partial charge is 0.251 e. The summed E-state index contributed by atoms with van der Waals surface area (Å²) in [5.41, 5.74) is 0.949. The minimum Gasteiger partial charge on any atom is -0.356 e. The highest BCUT2D eigenvalue weighted by atomic mass is 19.1. The van der Waals surface area contributed by atoms with Gasteiger partial charge in [-0.25, -0.2) is 8.78 Å². The summed E-state index contributed by atoms with van der Waals surface area (Å²) < 4.78 is 35.7. The molecule has 2 saturated carbocycles. The minimum absolute atomic E-state index is 0.0848. The van der Waals surface area contributed by atoms with Crippen molar-refractivity contribution in [3.63, 3.8) is 0 Å². The van der Waals surface area contributed by atoms with Crippen LogP contribution in [0.1, 0.15) is 56.7 Å². The van der Waals surface area contributed by atoms with E-state index in [-0.39, 0.29) is 29.0 Å². The molecule has 3 unspecified atom stereocenters. The number of aromatic nitrogens is 2. The molecule has 6 nitrogen and oxygen atoms in total. The fourth-order valence-electron chi connectivity index (χ4n) is 6.96. The molecular weight excluding hydrogens is 450 g/mol. The van der Waals surface area contributed by atoms with Gasteiger partial charge in [-0.15, -0.1) is 5.10 Å². The van der Waals surface area contributed by atoms with Gasteiger partial charge in [0.05, 0.1) is 28.9 Å². The van der Waals surface area contributed by atoms with Crippen LogP contribution in [-0.2, 0) is 15.1 Å². The van der Waals surface area contributed by atoms with Gasteiger partial charge in [0.25, 0.3) is 5.91 Å². The van der Waals surface area contributed by atoms with Gasteiger partial charge < -0.3 is 9.64 Å². The van der Waals surface area contributed by atoms with E-state index in [9.17, 15) is 13.6 Å². The van der Waals surface area contributed by atoms with E-state index < -0.39 is 23.3 Å². The first-order chi connectivity index (χ1) is 16.8. The minimum atomic E-state index is -0.748. The van der Waals surface area contributed by atoms with Crippen LogP contribution in [0.3, 0.4) is 0 Å². The number of nitriles is 1. The average molecular weight is 479 g/mol. The van der Waals surface area contributed by atoms with Gasteiger partial charge in [-0.2, -0.15) is 10.4 Å². The second-order valence-corrected chi connectivity index (χ2v) is 10.8. The molecule has 3 fully saturated rings. The highest BCUT2D eigenvalue weighted by molar-refractivity contribution is 5.82. The summed E-state index contributed by atoms with van der Waals surface area (Å²) in [4.78, 5) is 14.9. The zero-order chi connectivity index (χ0) is 24.5. The fraction of sp³-hybridized carbons (Fsp3) is 0.556. The number of carbonyl (C=O) groups is 1. The molecule has 1 amide bonds. The van der Waals surface area contributed by atoms with Gasteiger partial charge in [0, 0.05) is 13.1 Å². The number of halogens is 2. The third kappa shape index (κ3) is 3.31. The van der Waals surface area contributed by atoms with Crippen LogP contribution in [-0.4, -0.2) is 40.2 Å². The van der Waals surface area contributed by atoms with Crippen molar-refractivity contribution in [2.45, 2.75) is 57.2 Å². The number of rotatable bonds is 5. The number of ether oxygens (including phenoxy) is 1. The Bertz CT molecular complexity index is 1220. The van der Waals surface area contributed by atoms with E-state index in [1.165, 1.54) is 18.2 Å². The first kappa shape index (κ1) is 22.5. The molecule has 182 valence electrons. The van der Waals surface area contributed by atoms with Crippen LogP contribution in [0.2, 0.25) is 0 Å². The van der Waals surface area contributed by atoms with Crippen LogP contribution >= 0.6 is 0 Å². The topological polar surface area (TPSA) is 79.1 Å². The number of amides is 1. The summed E-state index contributed by atoms with van der Waals surface area (Å²) in [5, 5.41) is 17.9. The van der Waals surface area contributed by atoms with Crippen molar-refractivity contribution in [3.05, 3.63) is 47.2 Å². The van der Waals surface area contributed by atoms with Crippen LogP contribution in [0.5, 0.6) is 0 Å². The predicted octanol–water partition coefficient (Wildman–Crippen LogP) is 4.56. The Morgan fingerprint density at radius 3 is 2.69 bits per heavy atom. The standard InChI is InChI=1S/C27H28F2N4O2/c1-3-23(26(34)33-12-15(11-30)13-33)35-27-9-14(2)16-7-17(19(16)10-27)18-8-22(31-32-25(18)27)24-20(28)5-4-6-21(24)29/h4-6,8,14-17,19,23H,3,7,9-10,12-13H2,1-2H3/t14?,16?,17-,19?,23-,27+/m1/s1. The zero-order valence-corrected chi connectivity index (χ0v) is 19.9. The molecule has 2 bridgehead atoms. The van der Waals surface area contributed by atoms with Gasteiger partial charge in [0.1, 0.15) is 23.3 Å². The van der Waals surface area contributed by atoms with E-state index in [4.69, 9.17) is 10.00 Å². The van der Waals surface area contributed by atoms with Crippen molar-refractivity contribution >= 4 is 5.91 Å². The molecule has 1 aliphatic heterocycles. The lowest BCUT2D eigenvalue weighted by Gasteiger charge is -2.61. The van der Waals surface area contributed by atoms with Crippen molar-refractivity contribution in [3.8, 4) is 17.3 Å². The molecule has 8 heteroatoms. The summed E-state index contributed by atoms with van der Waals surface area (Å²) in [6, 6.07) is 7.79. The molecule has 2 heterocycles. The maximum Gasteiger partial charge on any atom is 0.251 e. The second kappa shape index (κ2) is 8.06. The summed E-state index contributed by atoms with van der Waals surface area (Å²) in [7, 11) is 0. The third-order valence-electron chi connectivity index (χ3n) is 8.80. The van der Waals surface area contributed by atoms with E-state index >= 15 is 0 Å². The molecule has 4 aliphatic rings. The highest BCUT2D eigenvalue weighted by Gasteiger charge is 2.61. The Morgan fingerprint density at radius 1 is 1.26 bits per heavy atom. The molecular formula is C27H28F2N4O2. The van der Waals surface area contributed by atoms with Gasteiger partial charge in [0.2, 0.25) is 0 Å². The van der Waals surface area contributed by atoms with Crippen molar-refractivity contribution in [2.75, 3.05) is 13.1 Å². The predicted molar refractivity (Wildman–Crippen MR) is 123 cm³/mol. The van der Waals surface area contributed by atoms with Crippen molar-refractivity contribution in [2.24, 2.45) is 23.7 Å². The largest absolute Gasteiger partial charge is 0.356 e. The molecule has 1 aromatic heterocycles. The van der Waals surface area contributed by atoms with Crippen LogP contribution in [0.4, 0.5) is 8.78 Å². The van der Waals surface area contributed by atoms with Gasteiger partial charge >= 0.3 is 0 Å². The molecule has 0 N–H and O–H groups in total. The lowest BCUT2D eigenvalue weighted by Crippen LogP contribution is -2.59. The molecule has 0 spiro atoms. The summed E-state index contributed by atoms with van der Waals surface area (Å²) in [6.45, 7) is 5.06. The van der Waals surface area contributed by atoms with E-state index in [0.717, 1.165) is 24.8 Å². The molecule has 1 aromatic carbocycles. The summed E-state index contributed by atoms with van der Waals surface area (Å²) in [5.74, 6) is 0.135. The second-order valence-electron chi connectivity index (χ2n) is 10.8. The fourth-order valence-corrected chi connectivity index (χ4v) is 6.96. The molecule has 1 saturated heterocycles. The lowest BCUT2D eigenvalue weighted by atomic mass is 9.46. The third-order valence-corrected chi connectivity index (χ3v) is 8.80. The van der Waals surface area contributed by atoms with Crippen molar-refractivity contribution in [1.29, 1.82) is 5.26 Å². The molecule has 3 aliphatic carbocycles. The Kier molecular flexibility index (Phi) is 5.19. The van der Waals surface area contributed by atoms with Crippen LogP contribution < -0.4 is 0 Å². The number of benzene rings is 1.